The van der Waals surface area contributed by atoms with Crippen LogP contribution in [0.4, 0.5) is 0 Å². The summed E-state index contributed by atoms with van der Waals surface area (Å²) in [6.07, 6.45) is 0. The molecule has 0 bridgehead atoms. The van der Waals surface area contributed by atoms with Crippen LogP contribution in [0.1, 0.15) is 11.3 Å². The Hall–Kier alpha value is -2.04. The van der Waals surface area contributed by atoms with Gasteiger partial charge in [0.15, 0.2) is 0 Å². The standard InChI is InChI=1S/C11H11NO4/c1-5-4-7-8(10(14)12(5)3)9(13)6(2)11(15)16-7/h4,13H,1-3H3. The van der Waals surface area contributed by atoms with Crippen LogP contribution >= 0.6 is 0 Å². The molecule has 0 saturated heterocycles. The first-order valence-electron chi connectivity index (χ1n) is 4.76. The first kappa shape index (κ1) is 10.5. The van der Waals surface area contributed by atoms with Crippen molar-refractivity contribution >= 4 is 11.0 Å². The quantitative estimate of drug-likeness (QED) is 0.714. The Bertz CT molecular complexity index is 694. The van der Waals surface area contributed by atoms with Gasteiger partial charge in [-0.2, -0.15) is 0 Å². The summed E-state index contributed by atoms with van der Waals surface area (Å²) in [4.78, 5) is 23.2. The van der Waals surface area contributed by atoms with E-state index in [2.05, 4.69) is 0 Å². The van der Waals surface area contributed by atoms with Crippen molar-refractivity contribution < 1.29 is 9.52 Å². The smallest absolute Gasteiger partial charge is 0.342 e. The second-order valence-corrected chi connectivity index (χ2v) is 3.75. The molecule has 0 atom stereocenters. The lowest BCUT2D eigenvalue weighted by Crippen LogP contribution is -2.20. The average molecular weight is 221 g/mol. The topological polar surface area (TPSA) is 72.4 Å². The Morgan fingerprint density at radius 1 is 1.31 bits per heavy atom. The molecule has 0 aromatic carbocycles. The van der Waals surface area contributed by atoms with Crippen molar-refractivity contribution in [3.63, 3.8) is 0 Å². The monoisotopic (exact) mass is 221 g/mol. The van der Waals surface area contributed by atoms with Gasteiger partial charge in [0.1, 0.15) is 16.7 Å². The van der Waals surface area contributed by atoms with Crippen LogP contribution < -0.4 is 11.2 Å². The van der Waals surface area contributed by atoms with E-state index in [0.29, 0.717) is 5.69 Å². The van der Waals surface area contributed by atoms with E-state index >= 15 is 0 Å². The second kappa shape index (κ2) is 3.23. The lowest BCUT2D eigenvalue weighted by atomic mass is 10.2. The van der Waals surface area contributed by atoms with Crippen LogP contribution in [0, 0.1) is 13.8 Å². The van der Waals surface area contributed by atoms with Gasteiger partial charge in [-0.1, -0.05) is 0 Å². The van der Waals surface area contributed by atoms with Gasteiger partial charge in [-0.3, -0.25) is 4.79 Å². The summed E-state index contributed by atoms with van der Waals surface area (Å²) in [7, 11) is 1.59. The molecule has 16 heavy (non-hydrogen) atoms. The minimum Gasteiger partial charge on any atom is -0.506 e. The number of aromatic hydroxyl groups is 1. The number of hydrogen-bond acceptors (Lipinski definition) is 4. The van der Waals surface area contributed by atoms with Crippen LogP contribution in [0.2, 0.25) is 0 Å². The Kier molecular flexibility index (Phi) is 2.11. The van der Waals surface area contributed by atoms with Gasteiger partial charge < -0.3 is 14.1 Å². The van der Waals surface area contributed by atoms with E-state index < -0.39 is 5.63 Å². The number of aromatic nitrogens is 1. The zero-order valence-electron chi connectivity index (χ0n) is 9.20. The van der Waals surface area contributed by atoms with Crippen LogP contribution in [0.5, 0.6) is 5.75 Å². The summed E-state index contributed by atoms with van der Waals surface area (Å²) in [5.74, 6) is -0.299. The first-order chi connectivity index (χ1) is 7.43. The summed E-state index contributed by atoms with van der Waals surface area (Å²) >= 11 is 0. The molecule has 0 fully saturated rings. The molecule has 2 aromatic rings. The molecule has 0 unspecified atom stereocenters. The fraction of sp³-hybridized carbons (Fsp3) is 0.273. The van der Waals surface area contributed by atoms with Crippen LogP contribution in [0.15, 0.2) is 20.1 Å². The summed E-state index contributed by atoms with van der Waals surface area (Å²) in [5, 5.41) is 9.81. The lowest BCUT2D eigenvalue weighted by Gasteiger charge is -2.07. The molecule has 0 spiro atoms. The van der Waals surface area contributed by atoms with Crippen LogP contribution in [0.25, 0.3) is 11.0 Å². The van der Waals surface area contributed by atoms with Crippen molar-refractivity contribution in [3.05, 3.63) is 38.1 Å². The lowest BCUT2D eigenvalue weighted by molar-refractivity contribution is 0.460. The zero-order valence-corrected chi connectivity index (χ0v) is 9.20. The van der Waals surface area contributed by atoms with E-state index in [1.165, 1.54) is 11.5 Å². The maximum absolute atomic E-state index is 11.9. The van der Waals surface area contributed by atoms with Crippen molar-refractivity contribution in [2.75, 3.05) is 0 Å². The normalized spacial score (nSPS) is 10.9. The molecule has 2 heterocycles. The third-order valence-corrected chi connectivity index (χ3v) is 2.73. The van der Waals surface area contributed by atoms with E-state index in [1.807, 2.05) is 0 Å². The van der Waals surface area contributed by atoms with Gasteiger partial charge in [0.25, 0.3) is 5.56 Å². The molecule has 84 valence electrons. The molecule has 0 aliphatic heterocycles. The number of nitrogens with zero attached hydrogens (tertiary/aromatic N) is 1. The fourth-order valence-electron chi connectivity index (χ4n) is 1.55. The van der Waals surface area contributed by atoms with Crippen molar-refractivity contribution in [2.24, 2.45) is 7.05 Å². The fourth-order valence-corrected chi connectivity index (χ4v) is 1.55. The summed E-state index contributed by atoms with van der Waals surface area (Å²) < 4.78 is 6.35. The number of aryl methyl sites for hydroxylation is 1. The number of fused-ring (bicyclic) bond motifs is 1. The van der Waals surface area contributed by atoms with Crippen LogP contribution in [0.3, 0.4) is 0 Å². The Balaban J connectivity index is 3.16. The highest BCUT2D eigenvalue weighted by Crippen LogP contribution is 2.22. The molecule has 0 saturated carbocycles. The van der Waals surface area contributed by atoms with Crippen molar-refractivity contribution in [3.8, 4) is 5.75 Å². The first-order valence-corrected chi connectivity index (χ1v) is 4.76. The zero-order chi connectivity index (χ0) is 12.0. The Labute approximate surface area is 90.6 Å². The SMILES string of the molecule is Cc1c(O)c2c(=O)n(C)c(C)cc2oc1=O. The Morgan fingerprint density at radius 3 is 2.56 bits per heavy atom. The molecule has 2 rings (SSSR count). The molecular formula is C11H11NO4. The van der Waals surface area contributed by atoms with E-state index in [9.17, 15) is 14.7 Å². The van der Waals surface area contributed by atoms with Crippen LogP contribution in [-0.2, 0) is 7.05 Å². The maximum Gasteiger partial charge on any atom is 0.342 e. The minimum atomic E-state index is -0.627. The van der Waals surface area contributed by atoms with Crippen molar-refractivity contribution in [2.45, 2.75) is 13.8 Å². The van der Waals surface area contributed by atoms with E-state index in [1.54, 1.807) is 20.0 Å². The second-order valence-electron chi connectivity index (χ2n) is 3.75. The van der Waals surface area contributed by atoms with E-state index in [-0.39, 0.29) is 27.8 Å². The predicted octanol–water partition coefficient (Wildman–Crippen LogP) is 0.814. The van der Waals surface area contributed by atoms with Crippen molar-refractivity contribution in [1.29, 1.82) is 0 Å². The van der Waals surface area contributed by atoms with Gasteiger partial charge in [0, 0.05) is 18.8 Å². The highest BCUT2D eigenvalue weighted by molar-refractivity contribution is 5.83. The molecule has 1 N–H and O–H groups in total. The summed E-state index contributed by atoms with van der Waals surface area (Å²) in [5.41, 5.74) is -0.178. The van der Waals surface area contributed by atoms with E-state index in [0.717, 1.165) is 0 Å². The van der Waals surface area contributed by atoms with Gasteiger partial charge in [0.05, 0.1) is 5.56 Å². The van der Waals surface area contributed by atoms with Crippen molar-refractivity contribution in [1.82, 2.24) is 4.57 Å². The third-order valence-electron chi connectivity index (χ3n) is 2.73. The van der Waals surface area contributed by atoms with Crippen LogP contribution in [-0.4, -0.2) is 9.67 Å². The number of hydrogen-bond donors (Lipinski definition) is 1. The van der Waals surface area contributed by atoms with Gasteiger partial charge in [-0.15, -0.1) is 0 Å². The molecule has 5 heteroatoms. The number of pyridine rings is 1. The maximum atomic E-state index is 11.9. The molecule has 0 amide bonds. The average Bonchev–Trinajstić information content (AvgIpc) is 2.23. The van der Waals surface area contributed by atoms with Gasteiger partial charge in [-0.25, -0.2) is 4.79 Å². The van der Waals surface area contributed by atoms with Gasteiger partial charge in [0.2, 0.25) is 0 Å². The third kappa shape index (κ3) is 1.25. The molecular weight excluding hydrogens is 210 g/mol. The van der Waals surface area contributed by atoms with Gasteiger partial charge in [-0.05, 0) is 13.8 Å². The highest BCUT2D eigenvalue weighted by atomic mass is 16.4. The largest absolute Gasteiger partial charge is 0.506 e. The molecule has 0 aliphatic carbocycles. The Morgan fingerprint density at radius 2 is 1.94 bits per heavy atom. The molecule has 2 aromatic heterocycles. The van der Waals surface area contributed by atoms with Gasteiger partial charge >= 0.3 is 5.63 Å². The molecule has 0 radical (unpaired) electrons. The highest BCUT2D eigenvalue weighted by Gasteiger charge is 2.15. The molecule has 0 aliphatic rings. The summed E-state index contributed by atoms with van der Waals surface area (Å²) in [6, 6.07) is 1.55. The minimum absolute atomic E-state index is 0.0465. The van der Waals surface area contributed by atoms with E-state index in [4.69, 9.17) is 4.42 Å². The number of rotatable bonds is 0. The molecule has 5 nitrogen and oxygen atoms in total. The predicted molar refractivity (Wildman–Crippen MR) is 58.9 cm³/mol. The summed E-state index contributed by atoms with van der Waals surface area (Å²) in [6.45, 7) is 3.14.